The predicted molar refractivity (Wildman–Crippen MR) is 97.3 cm³/mol. The average Bonchev–Trinajstić information content (AvgIpc) is 3.30. The highest BCUT2D eigenvalue weighted by Crippen LogP contribution is 2.23. The molecule has 2 rings (SSSR count). The van der Waals surface area contributed by atoms with Gasteiger partial charge in [-0.15, -0.1) is 12.4 Å². The Morgan fingerprint density at radius 1 is 1.21 bits per heavy atom. The van der Waals surface area contributed by atoms with E-state index in [9.17, 15) is 13.2 Å². The summed E-state index contributed by atoms with van der Waals surface area (Å²) in [6, 6.07) is 4.71. The SMILES string of the molecule is CCCNCCNC(=O)c1cc(S(=O)(=O)NC2CC2)ccc1C.Cl. The van der Waals surface area contributed by atoms with Crippen LogP contribution in [0.1, 0.15) is 42.1 Å². The van der Waals surface area contributed by atoms with Crippen LogP contribution in [0.2, 0.25) is 0 Å². The minimum absolute atomic E-state index is 0. The Bertz CT molecular complexity index is 661. The van der Waals surface area contributed by atoms with Crippen molar-refractivity contribution in [3.63, 3.8) is 0 Å². The Balaban J connectivity index is 0.00000288. The van der Waals surface area contributed by atoms with Crippen molar-refractivity contribution < 1.29 is 13.2 Å². The number of hydrogen-bond acceptors (Lipinski definition) is 4. The Morgan fingerprint density at radius 2 is 1.92 bits per heavy atom. The first-order valence-corrected chi connectivity index (χ1v) is 9.54. The summed E-state index contributed by atoms with van der Waals surface area (Å²) in [4.78, 5) is 12.4. The minimum Gasteiger partial charge on any atom is -0.351 e. The lowest BCUT2D eigenvalue weighted by Gasteiger charge is -2.11. The van der Waals surface area contributed by atoms with E-state index in [-0.39, 0.29) is 29.3 Å². The molecule has 24 heavy (non-hydrogen) atoms. The molecule has 1 aliphatic rings. The molecule has 136 valence electrons. The fourth-order valence-electron chi connectivity index (χ4n) is 2.16. The fourth-order valence-corrected chi connectivity index (χ4v) is 3.49. The zero-order chi connectivity index (χ0) is 16.9. The Hall–Kier alpha value is -1.15. The third-order valence-electron chi connectivity index (χ3n) is 3.68. The number of hydrogen-bond donors (Lipinski definition) is 3. The number of carbonyl (C=O) groups is 1. The normalized spacial score (nSPS) is 14.1. The molecule has 0 saturated heterocycles. The number of sulfonamides is 1. The predicted octanol–water partition coefficient (Wildman–Crippen LogP) is 1.59. The first-order valence-electron chi connectivity index (χ1n) is 8.06. The van der Waals surface area contributed by atoms with Gasteiger partial charge in [0, 0.05) is 24.7 Å². The highest BCUT2D eigenvalue weighted by atomic mass is 35.5. The molecule has 1 aliphatic carbocycles. The van der Waals surface area contributed by atoms with Gasteiger partial charge in [-0.3, -0.25) is 4.79 Å². The van der Waals surface area contributed by atoms with Crippen LogP contribution in [-0.4, -0.2) is 40.0 Å². The molecule has 0 radical (unpaired) electrons. The standard InChI is InChI=1S/C16H25N3O3S.ClH/c1-3-8-17-9-10-18-16(20)15-11-14(7-4-12(15)2)23(21,22)19-13-5-6-13;/h4,7,11,13,17,19H,3,5-6,8-10H2,1-2H3,(H,18,20);1H. The Morgan fingerprint density at radius 3 is 2.54 bits per heavy atom. The Labute approximate surface area is 150 Å². The zero-order valence-corrected chi connectivity index (χ0v) is 15.7. The van der Waals surface area contributed by atoms with E-state index in [1.54, 1.807) is 19.1 Å². The second-order valence-electron chi connectivity index (χ2n) is 5.88. The molecule has 0 aliphatic heterocycles. The summed E-state index contributed by atoms with van der Waals surface area (Å²) in [5, 5.41) is 6.01. The monoisotopic (exact) mass is 375 g/mol. The summed E-state index contributed by atoms with van der Waals surface area (Å²) in [7, 11) is -3.54. The quantitative estimate of drug-likeness (QED) is 0.572. The topological polar surface area (TPSA) is 87.3 Å². The van der Waals surface area contributed by atoms with Crippen LogP contribution in [-0.2, 0) is 10.0 Å². The van der Waals surface area contributed by atoms with Gasteiger partial charge < -0.3 is 10.6 Å². The summed E-state index contributed by atoms with van der Waals surface area (Å²) >= 11 is 0. The molecule has 1 aromatic rings. The molecule has 0 atom stereocenters. The second-order valence-corrected chi connectivity index (χ2v) is 7.59. The molecule has 0 aromatic heterocycles. The van der Waals surface area contributed by atoms with Gasteiger partial charge in [0.15, 0.2) is 0 Å². The maximum atomic E-state index is 12.3. The van der Waals surface area contributed by atoms with Crippen molar-refractivity contribution in [1.82, 2.24) is 15.4 Å². The zero-order valence-electron chi connectivity index (χ0n) is 14.1. The van der Waals surface area contributed by atoms with Crippen molar-refractivity contribution >= 4 is 28.3 Å². The summed E-state index contributed by atoms with van der Waals surface area (Å²) in [6.45, 7) is 6.00. The van der Waals surface area contributed by atoms with Gasteiger partial charge in [0.05, 0.1) is 4.90 Å². The lowest BCUT2D eigenvalue weighted by atomic mass is 10.1. The van der Waals surface area contributed by atoms with Gasteiger partial charge in [0.1, 0.15) is 0 Å². The maximum absolute atomic E-state index is 12.3. The molecular formula is C16H26ClN3O3S. The van der Waals surface area contributed by atoms with Gasteiger partial charge in [-0.25, -0.2) is 13.1 Å². The number of halogens is 1. The third kappa shape index (κ3) is 6.05. The second kappa shape index (κ2) is 9.36. The molecule has 1 saturated carbocycles. The van der Waals surface area contributed by atoms with E-state index in [0.717, 1.165) is 31.4 Å². The van der Waals surface area contributed by atoms with Crippen molar-refractivity contribution in [3.8, 4) is 0 Å². The molecule has 1 amide bonds. The molecule has 1 fully saturated rings. The van der Waals surface area contributed by atoms with Gasteiger partial charge in [0.2, 0.25) is 10.0 Å². The summed E-state index contributed by atoms with van der Waals surface area (Å²) in [5.74, 6) is -0.246. The van der Waals surface area contributed by atoms with Crippen LogP contribution < -0.4 is 15.4 Å². The molecule has 0 heterocycles. The highest BCUT2D eigenvalue weighted by Gasteiger charge is 2.28. The molecule has 8 heteroatoms. The molecular weight excluding hydrogens is 350 g/mol. The van der Waals surface area contributed by atoms with E-state index in [1.807, 2.05) is 0 Å². The minimum atomic E-state index is -3.54. The molecule has 6 nitrogen and oxygen atoms in total. The van der Waals surface area contributed by atoms with E-state index in [2.05, 4.69) is 22.3 Å². The van der Waals surface area contributed by atoms with Gasteiger partial charge in [-0.1, -0.05) is 13.0 Å². The average molecular weight is 376 g/mol. The van der Waals surface area contributed by atoms with Crippen molar-refractivity contribution in [2.75, 3.05) is 19.6 Å². The molecule has 1 aromatic carbocycles. The third-order valence-corrected chi connectivity index (χ3v) is 5.20. The Kier molecular flexibility index (Phi) is 8.15. The molecule has 3 N–H and O–H groups in total. The summed E-state index contributed by atoms with van der Waals surface area (Å²) in [6.07, 6.45) is 2.80. The molecule has 0 unspecified atom stereocenters. The largest absolute Gasteiger partial charge is 0.351 e. The lowest BCUT2D eigenvalue weighted by molar-refractivity contribution is 0.0953. The highest BCUT2D eigenvalue weighted by molar-refractivity contribution is 7.89. The van der Waals surface area contributed by atoms with Gasteiger partial charge >= 0.3 is 0 Å². The van der Waals surface area contributed by atoms with Crippen molar-refractivity contribution in [2.24, 2.45) is 0 Å². The van der Waals surface area contributed by atoms with Crippen molar-refractivity contribution in [2.45, 2.75) is 44.0 Å². The number of aryl methyl sites for hydroxylation is 1. The van der Waals surface area contributed by atoms with E-state index < -0.39 is 10.0 Å². The summed E-state index contributed by atoms with van der Waals surface area (Å²) in [5.41, 5.74) is 1.16. The van der Waals surface area contributed by atoms with Crippen molar-refractivity contribution in [1.29, 1.82) is 0 Å². The maximum Gasteiger partial charge on any atom is 0.251 e. The first kappa shape index (κ1) is 20.9. The van der Waals surface area contributed by atoms with E-state index in [4.69, 9.17) is 0 Å². The van der Waals surface area contributed by atoms with Crippen LogP contribution in [0.3, 0.4) is 0 Å². The number of nitrogens with one attached hydrogen (secondary N) is 3. The number of benzene rings is 1. The molecule has 0 bridgehead atoms. The van der Waals surface area contributed by atoms with Gasteiger partial charge in [0.25, 0.3) is 5.91 Å². The number of carbonyl (C=O) groups excluding carboxylic acids is 1. The van der Waals surface area contributed by atoms with E-state index in [0.29, 0.717) is 18.7 Å². The van der Waals surface area contributed by atoms with Crippen LogP contribution in [0.4, 0.5) is 0 Å². The van der Waals surface area contributed by atoms with Crippen LogP contribution in [0.25, 0.3) is 0 Å². The smallest absolute Gasteiger partial charge is 0.251 e. The summed E-state index contributed by atoms with van der Waals surface area (Å²) < 4.78 is 27.1. The van der Waals surface area contributed by atoms with Gasteiger partial charge in [-0.05, 0) is 50.4 Å². The van der Waals surface area contributed by atoms with Crippen LogP contribution in [0.15, 0.2) is 23.1 Å². The molecule has 0 spiro atoms. The number of amides is 1. The van der Waals surface area contributed by atoms with Gasteiger partial charge in [-0.2, -0.15) is 0 Å². The van der Waals surface area contributed by atoms with Crippen molar-refractivity contribution in [3.05, 3.63) is 29.3 Å². The number of rotatable bonds is 9. The van der Waals surface area contributed by atoms with Crippen LogP contribution >= 0.6 is 12.4 Å². The fraction of sp³-hybridized carbons (Fsp3) is 0.562. The lowest BCUT2D eigenvalue weighted by Crippen LogP contribution is -2.32. The van der Waals surface area contributed by atoms with Crippen LogP contribution in [0.5, 0.6) is 0 Å². The van der Waals surface area contributed by atoms with E-state index >= 15 is 0 Å². The van der Waals surface area contributed by atoms with E-state index in [1.165, 1.54) is 6.07 Å². The van der Waals surface area contributed by atoms with Crippen LogP contribution in [0, 0.1) is 6.92 Å². The first-order chi connectivity index (χ1) is 10.9.